The van der Waals surface area contributed by atoms with Crippen molar-refractivity contribution in [2.75, 3.05) is 26.5 Å². The molecule has 0 radical (unpaired) electrons. The van der Waals surface area contributed by atoms with Gasteiger partial charge in [0.05, 0.1) is 19.0 Å². The molecule has 5 rings (SSSR count). The van der Waals surface area contributed by atoms with E-state index in [1.54, 1.807) is 43.3 Å². The monoisotopic (exact) mass is 691 g/mol. The molecule has 3 aromatic heterocycles. The maximum atomic E-state index is 14.9. The zero-order valence-electron chi connectivity index (χ0n) is 25.3. The van der Waals surface area contributed by atoms with Crippen LogP contribution < -0.4 is 26.8 Å². The molecule has 12 nitrogen and oxygen atoms in total. The van der Waals surface area contributed by atoms with Gasteiger partial charge in [-0.3, -0.25) is 14.2 Å². The molecule has 48 heavy (non-hydrogen) atoms. The van der Waals surface area contributed by atoms with E-state index in [1.165, 1.54) is 13.2 Å². The third-order valence-corrected chi connectivity index (χ3v) is 8.12. The summed E-state index contributed by atoms with van der Waals surface area (Å²) in [6.45, 7) is -0.448. The van der Waals surface area contributed by atoms with E-state index in [-0.39, 0.29) is 22.6 Å². The number of carbonyl (C=O) groups is 1. The second-order valence-electron chi connectivity index (χ2n) is 10.4. The van der Waals surface area contributed by atoms with Gasteiger partial charge in [-0.15, -0.1) is 21.5 Å². The molecule has 1 atom stereocenters. The van der Waals surface area contributed by atoms with Gasteiger partial charge in [-0.05, 0) is 55.6 Å². The maximum Gasteiger partial charge on any atom is 0.343 e. The molecule has 0 aliphatic carbocycles. The minimum atomic E-state index is -3.46. The Morgan fingerprint density at radius 1 is 0.979 bits per heavy atom. The predicted molar refractivity (Wildman–Crippen MR) is 166 cm³/mol. The molecule has 0 saturated carbocycles. The topological polar surface area (TPSA) is 133 Å². The van der Waals surface area contributed by atoms with Crippen molar-refractivity contribution in [3.8, 4) is 22.1 Å². The number of carbonyl (C=O) groups excluding carboxylic acids is 1. The third-order valence-electron chi connectivity index (χ3n) is 6.81. The van der Waals surface area contributed by atoms with Gasteiger partial charge in [0.2, 0.25) is 5.88 Å². The van der Waals surface area contributed by atoms with Crippen LogP contribution in [0, 0.1) is 11.6 Å². The molecule has 3 heterocycles. The molecule has 0 spiro atoms. The maximum absolute atomic E-state index is 14.9. The number of urea groups is 1. The van der Waals surface area contributed by atoms with Gasteiger partial charge in [-0.25, -0.2) is 37.2 Å². The Bertz CT molecular complexity index is 2050. The summed E-state index contributed by atoms with van der Waals surface area (Å²) in [6, 6.07) is 11.1. The molecule has 0 aliphatic heterocycles. The van der Waals surface area contributed by atoms with Crippen LogP contribution in [0.1, 0.15) is 11.1 Å². The van der Waals surface area contributed by atoms with E-state index in [4.69, 9.17) is 0 Å². The molecule has 0 aliphatic rings. The number of hydroxylamine groups is 1. The number of benzene rings is 2. The van der Waals surface area contributed by atoms with Crippen molar-refractivity contribution in [1.29, 1.82) is 0 Å². The molecule has 0 bridgehead atoms. The minimum absolute atomic E-state index is 0.0328. The van der Waals surface area contributed by atoms with Gasteiger partial charge in [0.25, 0.3) is 11.9 Å². The van der Waals surface area contributed by atoms with Crippen LogP contribution in [0.4, 0.5) is 32.4 Å². The summed E-state index contributed by atoms with van der Waals surface area (Å²) >= 11 is 1.04. The van der Waals surface area contributed by atoms with Gasteiger partial charge in [-0.2, -0.15) is 4.39 Å². The van der Waals surface area contributed by atoms with Crippen molar-refractivity contribution < 1.29 is 36.3 Å². The molecule has 0 saturated heterocycles. The lowest BCUT2D eigenvalue weighted by Gasteiger charge is -2.14. The molecule has 18 heteroatoms. The van der Waals surface area contributed by atoms with Crippen molar-refractivity contribution in [2.45, 2.75) is 25.9 Å². The molecule has 2 aromatic carbocycles. The molecule has 1 unspecified atom stereocenters. The summed E-state index contributed by atoms with van der Waals surface area (Å²) in [6.07, 6.45) is -6.46. The number of fused-ring (bicyclic) bond motifs is 1. The third kappa shape index (κ3) is 7.04. The van der Waals surface area contributed by atoms with Crippen molar-refractivity contribution >= 4 is 33.3 Å². The summed E-state index contributed by atoms with van der Waals surface area (Å²) in [5.74, 6) is -2.89. The van der Waals surface area contributed by atoms with Crippen LogP contribution in [0.2, 0.25) is 0 Å². The summed E-state index contributed by atoms with van der Waals surface area (Å²) in [5.41, 5.74) is 1.25. The van der Waals surface area contributed by atoms with E-state index >= 15 is 0 Å². The number of thiophene rings is 1. The van der Waals surface area contributed by atoms with Gasteiger partial charge in [0.1, 0.15) is 16.5 Å². The molecule has 252 valence electrons. The van der Waals surface area contributed by atoms with Crippen LogP contribution in [-0.2, 0) is 17.9 Å². The number of halogens is 5. The number of aromatic nitrogens is 4. The van der Waals surface area contributed by atoms with Gasteiger partial charge < -0.3 is 15.0 Å². The van der Waals surface area contributed by atoms with E-state index in [0.29, 0.717) is 26.3 Å². The summed E-state index contributed by atoms with van der Waals surface area (Å²) in [7, 11) is 4.78. The van der Waals surface area contributed by atoms with Crippen molar-refractivity contribution in [3.63, 3.8) is 0 Å². The van der Waals surface area contributed by atoms with Crippen LogP contribution >= 0.6 is 11.3 Å². The lowest BCUT2D eigenvalue weighted by atomic mass is 10.1. The van der Waals surface area contributed by atoms with Gasteiger partial charge in [0, 0.05) is 28.7 Å². The van der Waals surface area contributed by atoms with Crippen molar-refractivity contribution in [1.82, 2.24) is 29.7 Å². The second-order valence-corrected chi connectivity index (χ2v) is 11.4. The van der Waals surface area contributed by atoms with E-state index in [0.717, 1.165) is 40.2 Å². The molecule has 5 aromatic rings. The molecular weight excluding hydrogens is 665 g/mol. The average molecular weight is 692 g/mol. The van der Waals surface area contributed by atoms with Crippen LogP contribution in [0.3, 0.4) is 0 Å². The first-order valence-corrected chi connectivity index (χ1v) is 14.7. The van der Waals surface area contributed by atoms with Crippen LogP contribution in [0.5, 0.6) is 5.88 Å². The number of alkyl halides is 3. The number of anilines is 1. The molecular formula is C30H26F5N7O5S. The first kappa shape index (κ1) is 34.1. The number of ether oxygens (including phenoxy) is 1. The average Bonchev–Trinajstić information content (AvgIpc) is 3.40. The standard InChI is InChI=1S/C30H26F5N7O5S/c1-40(2)13-18-23-27(43)42(21-11-12-22(38-37-21)47-26(35)25(33)34)30(45)41(14-17-19(31)5-4-6-20(17)32)28(23)48-24(18)15-7-9-16(10-8-15)36-29(44)39-46-3/h4-12,25-26H,13-14H2,1-3H3,(H2,36,39,44). The van der Waals surface area contributed by atoms with E-state index < -0.39 is 59.7 Å². The van der Waals surface area contributed by atoms with E-state index in [9.17, 15) is 36.3 Å². The Morgan fingerprint density at radius 3 is 2.25 bits per heavy atom. The van der Waals surface area contributed by atoms with Gasteiger partial charge in [-0.1, -0.05) is 18.2 Å². The van der Waals surface area contributed by atoms with E-state index in [1.807, 2.05) is 0 Å². The lowest BCUT2D eigenvalue weighted by Crippen LogP contribution is -2.40. The fourth-order valence-corrected chi connectivity index (χ4v) is 6.07. The molecule has 2 N–H and O–H groups in total. The first-order valence-electron chi connectivity index (χ1n) is 13.9. The Balaban J connectivity index is 1.74. The Morgan fingerprint density at radius 2 is 1.67 bits per heavy atom. The van der Waals surface area contributed by atoms with Crippen LogP contribution in [0.25, 0.3) is 26.5 Å². The summed E-state index contributed by atoms with van der Waals surface area (Å²) in [5, 5.41) is 9.87. The highest BCUT2D eigenvalue weighted by Crippen LogP contribution is 2.38. The van der Waals surface area contributed by atoms with Crippen LogP contribution in [-0.4, -0.2) is 64.3 Å². The zero-order valence-corrected chi connectivity index (χ0v) is 26.2. The number of rotatable bonds is 11. The smallest absolute Gasteiger partial charge is 0.343 e. The van der Waals surface area contributed by atoms with Crippen molar-refractivity contribution in [2.24, 2.45) is 0 Å². The fourth-order valence-electron chi connectivity index (χ4n) is 4.77. The summed E-state index contributed by atoms with van der Waals surface area (Å²) < 4.78 is 74.5. The van der Waals surface area contributed by atoms with Crippen molar-refractivity contribution in [3.05, 3.63) is 98.2 Å². The summed E-state index contributed by atoms with van der Waals surface area (Å²) in [4.78, 5) is 47.1. The highest BCUT2D eigenvalue weighted by molar-refractivity contribution is 7.22. The lowest BCUT2D eigenvalue weighted by molar-refractivity contribution is -0.0694. The highest BCUT2D eigenvalue weighted by Gasteiger charge is 2.26. The normalized spacial score (nSPS) is 12.1. The Labute approximate surface area is 271 Å². The largest absolute Gasteiger partial charge is 0.436 e. The molecule has 2 amide bonds. The Hall–Kier alpha value is -5.20. The van der Waals surface area contributed by atoms with Gasteiger partial charge in [0.15, 0.2) is 5.82 Å². The predicted octanol–water partition coefficient (Wildman–Crippen LogP) is 4.68. The fraction of sp³-hybridized carbons (Fsp3) is 0.233. The van der Waals surface area contributed by atoms with E-state index in [2.05, 4.69) is 30.6 Å². The number of hydrogen-bond acceptors (Lipinski definition) is 9. The quantitative estimate of drug-likeness (QED) is 0.151. The number of hydrogen-bond donors (Lipinski definition) is 2. The minimum Gasteiger partial charge on any atom is -0.436 e. The Kier molecular flexibility index (Phi) is 10.2. The number of nitrogens with one attached hydrogen (secondary N) is 2. The van der Waals surface area contributed by atoms with Gasteiger partial charge >= 0.3 is 18.1 Å². The number of nitrogens with zero attached hydrogens (tertiary/aromatic N) is 5. The second kappa shape index (κ2) is 14.3. The first-order chi connectivity index (χ1) is 22.9. The SMILES string of the molecule is CONC(=O)Nc1ccc(-c2sc3c(c2CN(C)C)c(=O)n(-c2ccc(OC(F)C(F)F)nn2)c(=O)n3Cc2c(F)cccc2F)cc1. The highest BCUT2D eigenvalue weighted by atomic mass is 32.1. The van der Waals surface area contributed by atoms with Crippen LogP contribution in [0.15, 0.2) is 64.2 Å². The molecule has 0 fully saturated rings. The zero-order chi connectivity index (χ0) is 34.7. The number of amides is 2.